The van der Waals surface area contributed by atoms with E-state index in [0.29, 0.717) is 6.04 Å². The molecule has 0 aliphatic rings. The molecule has 2 heterocycles. The first-order chi connectivity index (χ1) is 10.0. The Morgan fingerprint density at radius 3 is 1.95 bits per heavy atom. The third kappa shape index (κ3) is 3.87. The summed E-state index contributed by atoms with van der Waals surface area (Å²) in [5.41, 5.74) is 2.47. The van der Waals surface area contributed by atoms with Crippen molar-refractivity contribution in [2.24, 2.45) is 5.92 Å². The maximum Gasteiger partial charge on any atom is 0.215 e. The summed E-state index contributed by atoms with van der Waals surface area (Å²) < 4.78 is 4.39. The molecule has 1 aromatic carbocycles. The number of imidazole rings is 2. The van der Waals surface area contributed by atoms with Gasteiger partial charge in [0, 0.05) is 18.4 Å². The third-order valence-electron chi connectivity index (χ3n) is 2.75. The number of nitrogens with zero attached hydrogens (tertiary/aromatic N) is 3. The van der Waals surface area contributed by atoms with Crippen molar-refractivity contribution in [2.45, 2.75) is 54.5 Å². The van der Waals surface area contributed by atoms with Gasteiger partial charge in [0.05, 0.1) is 11.0 Å². The molecule has 0 bridgehead atoms. The van der Waals surface area contributed by atoms with Gasteiger partial charge in [-0.2, -0.15) is 0 Å². The maximum absolute atomic E-state index is 4.40. The number of para-hydroxylation sites is 2. The van der Waals surface area contributed by atoms with Crippen LogP contribution in [0.3, 0.4) is 0 Å². The van der Waals surface area contributed by atoms with Crippen LogP contribution < -0.4 is 0 Å². The van der Waals surface area contributed by atoms with Crippen LogP contribution in [0.2, 0.25) is 0 Å². The lowest BCUT2D eigenvalue weighted by Crippen LogP contribution is -2.00. The van der Waals surface area contributed by atoms with Crippen LogP contribution in [-0.2, 0) is 0 Å². The van der Waals surface area contributed by atoms with Gasteiger partial charge in [0.1, 0.15) is 0 Å². The highest BCUT2D eigenvalue weighted by molar-refractivity contribution is 5.80. The zero-order chi connectivity index (χ0) is 16.0. The smallest absolute Gasteiger partial charge is 0.215 e. The van der Waals surface area contributed by atoms with Crippen LogP contribution in [0, 0.1) is 5.92 Å². The summed E-state index contributed by atoms with van der Waals surface area (Å²) in [6.07, 6.45) is 3.86. The largest absolute Gasteiger partial charge is 0.307 e. The molecule has 0 spiro atoms. The van der Waals surface area contributed by atoms with Gasteiger partial charge < -0.3 is 4.57 Å². The highest BCUT2D eigenvalue weighted by Gasteiger charge is 2.12. The fraction of sp³-hybridized carbons (Fsp3) is 0.500. The predicted molar refractivity (Wildman–Crippen MR) is 92.9 cm³/mol. The molecular formula is C18H29N3. The number of hydrogen-bond donors (Lipinski definition) is 0. The van der Waals surface area contributed by atoms with Gasteiger partial charge in [0.15, 0.2) is 0 Å². The molecule has 21 heavy (non-hydrogen) atoms. The zero-order valence-corrected chi connectivity index (χ0v) is 14.5. The molecule has 0 amide bonds. The molecule has 0 aliphatic heterocycles. The molecule has 0 aliphatic carbocycles. The van der Waals surface area contributed by atoms with Gasteiger partial charge in [-0.1, -0.05) is 46.8 Å². The van der Waals surface area contributed by atoms with E-state index in [2.05, 4.69) is 72.8 Å². The molecule has 3 aromatic rings. The molecule has 0 saturated carbocycles. The Labute approximate surface area is 128 Å². The topological polar surface area (TPSA) is 22.2 Å². The van der Waals surface area contributed by atoms with E-state index in [1.807, 2.05) is 26.2 Å². The Morgan fingerprint density at radius 1 is 0.905 bits per heavy atom. The molecule has 3 nitrogen and oxygen atoms in total. The minimum absolute atomic E-state index is 0.426. The van der Waals surface area contributed by atoms with E-state index >= 15 is 0 Å². The standard InChI is InChI=1S/C12H13N3.C4H10.C2H6/c1-9(2)15-11-6-4-3-5-10(11)14-8-7-13-12(14)15;1-4(2)3;1-2/h3-9H,1-2H3;4H,1-3H3;1-2H3. The third-order valence-corrected chi connectivity index (χ3v) is 2.75. The molecule has 3 rings (SSSR count). The average Bonchev–Trinajstić information content (AvgIpc) is 2.99. The minimum Gasteiger partial charge on any atom is -0.307 e. The monoisotopic (exact) mass is 287 g/mol. The molecule has 2 aromatic heterocycles. The van der Waals surface area contributed by atoms with Crippen molar-refractivity contribution in [3.05, 3.63) is 36.7 Å². The highest BCUT2D eigenvalue weighted by Crippen LogP contribution is 2.23. The summed E-state index contributed by atoms with van der Waals surface area (Å²) in [6.45, 7) is 14.9. The average molecular weight is 287 g/mol. The zero-order valence-electron chi connectivity index (χ0n) is 14.5. The summed E-state index contributed by atoms with van der Waals surface area (Å²) in [5.74, 6) is 1.85. The lowest BCUT2D eigenvalue weighted by molar-refractivity contribution is 0.632. The van der Waals surface area contributed by atoms with Gasteiger partial charge >= 0.3 is 0 Å². The molecule has 0 saturated heterocycles. The molecule has 3 heteroatoms. The van der Waals surface area contributed by atoms with Crippen LogP contribution in [0.25, 0.3) is 16.8 Å². The number of aromatic nitrogens is 3. The van der Waals surface area contributed by atoms with Gasteiger partial charge in [-0.15, -0.1) is 0 Å². The second-order valence-electron chi connectivity index (χ2n) is 5.78. The SMILES string of the molecule is CC.CC(C)C.CC(C)n1c2ccccc2n2ccnc12. The fourth-order valence-corrected chi connectivity index (χ4v) is 2.15. The van der Waals surface area contributed by atoms with Crippen molar-refractivity contribution in [2.75, 3.05) is 0 Å². The second kappa shape index (κ2) is 7.87. The van der Waals surface area contributed by atoms with Crippen molar-refractivity contribution >= 4 is 16.8 Å². The molecule has 0 unspecified atom stereocenters. The van der Waals surface area contributed by atoms with Gasteiger partial charge in [-0.3, -0.25) is 4.40 Å². The first-order valence-corrected chi connectivity index (χ1v) is 7.94. The van der Waals surface area contributed by atoms with Crippen molar-refractivity contribution in [3.63, 3.8) is 0 Å². The van der Waals surface area contributed by atoms with E-state index in [4.69, 9.17) is 0 Å². The lowest BCUT2D eigenvalue weighted by Gasteiger charge is -2.08. The van der Waals surface area contributed by atoms with Crippen LogP contribution in [-0.4, -0.2) is 14.0 Å². The Bertz CT molecular complexity index is 657. The first kappa shape index (κ1) is 17.3. The van der Waals surface area contributed by atoms with Crippen LogP contribution in [0.1, 0.15) is 54.5 Å². The summed E-state index contributed by atoms with van der Waals surface area (Å²) in [7, 11) is 0. The van der Waals surface area contributed by atoms with Crippen molar-refractivity contribution < 1.29 is 0 Å². The summed E-state index contributed by atoms with van der Waals surface area (Å²) in [6, 6.07) is 8.83. The van der Waals surface area contributed by atoms with E-state index in [0.717, 1.165) is 11.7 Å². The van der Waals surface area contributed by atoms with E-state index in [9.17, 15) is 0 Å². The van der Waals surface area contributed by atoms with E-state index in [1.165, 1.54) is 11.0 Å². The van der Waals surface area contributed by atoms with Crippen LogP contribution in [0.4, 0.5) is 0 Å². The molecular weight excluding hydrogens is 258 g/mol. The quantitative estimate of drug-likeness (QED) is 0.574. The van der Waals surface area contributed by atoms with E-state index in [1.54, 1.807) is 0 Å². The number of benzene rings is 1. The second-order valence-corrected chi connectivity index (χ2v) is 5.78. The predicted octanol–water partition coefficient (Wildman–Crippen LogP) is 5.56. The van der Waals surface area contributed by atoms with Crippen LogP contribution in [0.5, 0.6) is 0 Å². The fourth-order valence-electron chi connectivity index (χ4n) is 2.15. The molecule has 0 fully saturated rings. The molecule has 0 atom stereocenters. The van der Waals surface area contributed by atoms with Gasteiger partial charge in [-0.25, -0.2) is 4.98 Å². The number of hydrogen-bond acceptors (Lipinski definition) is 1. The normalized spacial score (nSPS) is 10.5. The summed E-state index contributed by atoms with van der Waals surface area (Å²) in [4.78, 5) is 4.40. The van der Waals surface area contributed by atoms with Crippen molar-refractivity contribution in [1.82, 2.24) is 14.0 Å². The van der Waals surface area contributed by atoms with Crippen LogP contribution in [0.15, 0.2) is 36.7 Å². The molecule has 116 valence electrons. The Kier molecular flexibility index (Phi) is 6.47. The Balaban J connectivity index is 0.000000322. The summed E-state index contributed by atoms with van der Waals surface area (Å²) >= 11 is 0. The number of rotatable bonds is 1. The highest BCUT2D eigenvalue weighted by atomic mass is 15.2. The van der Waals surface area contributed by atoms with Gasteiger partial charge in [0.25, 0.3) is 0 Å². The van der Waals surface area contributed by atoms with Crippen molar-refractivity contribution in [3.8, 4) is 0 Å². The maximum atomic E-state index is 4.40. The summed E-state index contributed by atoms with van der Waals surface area (Å²) in [5, 5.41) is 0. The number of fused-ring (bicyclic) bond motifs is 3. The molecule has 0 radical (unpaired) electrons. The van der Waals surface area contributed by atoms with Crippen LogP contribution >= 0.6 is 0 Å². The van der Waals surface area contributed by atoms with Gasteiger partial charge in [0.2, 0.25) is 5.78 Å². The minimum atomic E-state index is 0.426. The lowest BCUT2D eigenvalue weighted by atomic mass is 10.3. The Morgan fingerprint density at radius 2 is 1.43 bits per heavy atom. The van der Waals surface area contributed by atoms with E-state index in [-0.39, 0.29) is 0 Å². The Hall–Kier alpha value is -1.77. The molecule has 0 N–H and O–H groups in total. The van der Waals surface area contributed by atoms with Gasteiger partial charge in [-0.05, 0) is 31.9 Å². The first-order valence-electron chi connectivity index (χ1n) is 7.94. The van der Waals surface area contributed by atoms with Crippen molar-refractivity contribution in [1.29, 1.82) is 0 Å². The van der Waals surface area contributed by atoms with E-state index < -0.39 is 0 Å².